The van der Waals surface area contributed by atoms with Gasteiger partial charge in [0.05, 0.1) is 0 Å². The summed E-state index contributed by atoms with van der Waals surface area (Å²) >= 11 is 0. The second kappa shape index (κ2) is 30.4. The first-order valence-corrected chi connectivity index (χ1v) is 10.6. The van der Waals surface area contributed by atoms with Gasteiger partial charge in [-0.3, -0.25) is 0 Å². The van der Waals surface area contributed by atoms with Gasteiger partial charge in [0.25, 0.3) is 0 Å². The first-order chi connectivity index (χ1) is 21.0. The maximum absolute atomic E-state index is 9.61. The van der Waals surface area contributed by atoms with Crippen molar-refractivity contribution in [1.82, 2.24) is 12.3 Å². The number of carbonyl (C=O) groups excluding carboxylic acids is 6. The van der Waals surface area contributed by atoms with Crippen molar-refractivity contribution in [2.24, 2.45) is 0 Å². The SMILES string of the molecule is CC(O)(OO)C(=O)[O-].CC(O)(OO)C(=O)[O-].CC(O)(OO)C(=O)[O-].CC(O)(OO)C(=O)[O-].CC(O)(OO)C(=O)[O-].CC(O)(OO)C(=O)[O-].[NH4+].[NH4+].[Ti+4]. The summed E-state index contributed by atoms with van der Waals surface area (Å²) in [6.45, 7) is 4.43. The van der Waals surface area contributed by atoms with Crippen LogP contribution in [0.3, 0.4) is 0 Å². The molecule has 0 saturated carbocycles. The number of aliphatic hydroxyl groups is 6. The standard InChI is InChI=1S/6C3H6O5.2H3N.Ti/c6*1-3(6,8-7)2(4)5;;;/h6*6-7H,1H3,(H,4,5);2*1H3;/q;;;;;;;;+4/p-4. The van der Waals surface area contributed by atoms with Crippen LogP contribution in [-0.4, -0.2) is 133 Å². The third-order valence-electron chi connectivity index (χ3n) is 3.34. The van der Waals surface area contributed by atoms with E-state index in [2.05, 4.69) is 29.3 Å². The molecule has 32 nitrogen and oxygen atoms in total. The van der Waals surface area contributed by atoms with Gasteiger partial charge in [-0.25, -0.2) is 31.5 Å². The molecule has 304 valence electrons. The van der Waals surface area contributed by atoms with Crippen molar-refractivity contribution in [3.63, 3.8) is 0 Å². The van der Waals surface area contributed by atoms with Crippen molar-refractivity contribution in [2.75, 3.05) is 0 Å². The van der Waals surface area contributed by atoms with Crippen LogP contribution in [0, 0.1) is 0 Å². The fourth-order valence-corrected chi connectivity index (χ4v) is 0.224. The van der Waals surface area contributed by atoms with Crippen LogP contribution in [0.15, 0.2) is 0 Å². The molecule has 0 aliphatic carbocycles. The molecule has 0 heterocycles. The smallest absolute Gasteiger partial charge is 0.544 e. The summed E-state index contributed by atoms with van der Waals surface area (Å²) in [5.41, 5.74) is 0. The van der Waals surface area contributed by atoms with Crippen molar-refractivity contribution in [2.45, 2.75) is 76.3 Å². The number of carbonyl (C=O) groups is 6. The minimum atomic E-state index is -2.60. The number of carboxylic acids is 6. The zero-order valence-electron chi connectivity index (χ0n) is 27.2. The van der Waals surface area contributed by atoms with Crippen LogP contribution in [0.25, 0.3) is 0 Å². The topological polar surface area (TPSA) is 612 Å². The van der Waals surface area contributed by atoms with Gasteiger partial charge < -0.3 is 102 Å². The molecule has 0 saturated heterocycles. The predicted octanol–water partition coefficient (Wildman–Crippen LogP) is -11.6. The van der Waals surface area contributed by atoms with Gasteiger partial charge in [0, 0.05) is 0 Å². The second-order valence-electron chi connectivity index (χ2n) is 8.17. The molecule has 6 unspecified atom stereocenters. The third kappa shape index (κ3) is 36.3. The maximum atomic E-state index is 9.61. The summed E-state index contributed by atoms with van der Waals surface area (Å²) < 4.78 is 0. The molecule has 51 heavy (non-hydrogen) atoms. The van der Waals surface area contributed by atoms with Gasteiger partial charge in [-0.05, 0) is 41.5 Å². The summed E-state index contributed by atoms with van der Waals surface area (Å²) in [6.07, 6.45) is 0. The van der Waals surface area contributed by atoms with Crippen molar-refractivity contribution in [1.29, 1.82) is 0 Å². The number of hydrogen-bond acceptors (Lipinski definition) is 30. The number of quaternary nitrogens is 2. The van der Waals surface area contributed by atoms with Crippen LogP contribution in [0.4, 0.5) is 0 Å². The third-order valence-corrected chi connectivity index (χ3v) is 3.34. The Labute approximate surface area is 297 Å². The molecular formula is C18H38N2O30Ti. The Morgan fingerprint density at radius 3 is 0.392 bits per heavy atom. The van der Waals surface area contributed by atoms with E-state index < -0.39 is 70.5 Å². The van der Waals surface area contributed by atoms with Crippen LogP contribution in [0.5, 0.6) is 0 Å². The first-order valence-electron chi connectivity index (χ1n) is 10.6. The molecule has 0 spiro atoms. The Morgan fingerprint density at radius 2 is 0.392 bits per heavy atom. The summed E-state index contributed by atoms with van der Waals surface area (Å²) in [5.74, 6) is -26.9. The number of hydrogen-bond donors (Lipinski definition) is 14. The molecular weight excluding hydrogens is 772 g/mol. The van der Waals surface area contributed by atoms with E-state index >= 15 is 0 Å². The summed E-state index contributed by atoms with van der Waals surface area (Å²) in [4.78, 5) is 76.2. The monoisotopic (exact) mass is 810 g/mol. The summed E-state index contributed by atoms with van der Waals surface area (Å²) in [7, 11) is 0. The van der Waals surface area contributed by atoms with Crippen LogP contribution >= 0.6 is 0 Å². The van der Waals surface area contributed by atoms with Crippen LogP contribution in [-0.2, 0) is 79.8 Å². The molecule has 0 aliphatic heterocycles. The van der Waals surface area contributed by atoms with Gasteiger partial charge in [-0.15, -0.1) is 0 Å². The predicted molar refractivity (Wildman–Crippen MR) is 128 cm³/mol. The average molecular weight is 810 g/mol. The Bertz CT molecular complexity index is 796. The van der Waals surface area contributed by atoms with Gasteiger partial charge >= 0.3 is 21.7 Å². The van der Waals surface area contributed by atoms with E-state index in [4.69, 9.17) is 62.2 Å². The molecule has 0 rings (SSSR count). The number of rotatable bonds is 12. The average Bonchev–Trinajstić information content (AvgIpc) is 2.98. The van der Waals surface area contributed by atoms with Crippen molar-refractivity contribution in [3.05, 3.63) is 0 Å². The molecule has 0 aromatic rings. The van der Waals surface area contributed by atoms with E-state index in [-0.39, 0.29) is 34.0 Å². The van der Waals surface area contributed by atoms with Crippen molar-refractivity contribution < 1.29 is 173 Å². The molecule has 20 N–H and O–H groups in total. The Hall–Kier alpha value is -3.27. The zero-order valence-corrected chi connectivity index (χ0v) is 28.8. The molecule has 0 fully saturated rings. The van der Waals surface area contributed by atoms with E-state index in [0.717, 1.165) is 41.5 Å². The molecule has 0 aliphatic rings. The van der Waals surface area contributed by atoms with E-state index in [1.54, 1.807) is 0 Å². The van der Waals surface area contributed by atoms with Gasteiger partial charge in [0.2, 0.25) is 34.7 Å². The minimum absolute atomic E-state index is 0. The van der Waals surface area contributed by atoms with Crippen molar-refractivity contribution in [3.8, 4) is 0 Å². The fourth-order valence-electron chi connectivity index (χ4n) is 0.224. The first kappa shape index (κ1) is 69.5. The van der Waals surface area contributed by atoms with Gasteiger partial charge in [-0.2, -0.15) is 29.3 Å². The Kier molecular flexibility index (Phi) is 41.4. The Balaban J connectivity index is -0.0000000586. The van der Waals surface area contributed by atoms with E-state index in [0.29, 0.717) is 0 Å². The van der Waals surface area contributed by atoms with Crippen LogP contribution < -0.4 is 42.9 Å². The zero-order chi connectivity index (χ0) is 40.7. The summed E-state index contributed by atoms with van der Waals surface area (Å²) in [5, 5.41) is 153. The molecule has 33 heteroatoms. The Morgan fingerprint density at radius 1 is 0.333 bits per heavy atom. The van der Waals surface area contributed by atoms with E-state index in [9.17, 15) is 59.4 Å². The van der Waals surface area contributed by atoms with Crippen LogP contribution in [0.1, 0.15) is 41.5 Å². The molecule has 0 aromatic heterocycles. The quantitative estimate of drug-likeness (QED) is 0.0376. The molecule has 0 amide bonds. The maximum Gasteiger partial charge on any atom is 4.00 e. The largest absolute Gasteiger partial charge is 4.00 e. The normalized spacial score (nSPS) is 16.4. The molecule has 0 bridgehead atoms. The van der Waals surface area contributed by atoms with Gasteiger partial charge in [0.15, 0.2) is 0 Å². The fraction of sp³-hybridized carbons (Fsp3) is 0.667. The number of aliphatic carboxylic acids is 6. The summed E-state index contributed by atoms with van der Waals surface area (Å²) in [6, 6.07) is 0. The van der Waals surface area contributed by atoms with E-state index in [1.807, 2.05) is 0 Å². The minimum Gasteiger partial charge on any atom is -0.544 e. The van der Waals surface area contributed by atoms with Gasteiger partial charge in [-0.1, -0.05) is 0 Å². The second-order valence-corrected chi connectivity index (χ2v) is 8.17. The molecule has 0 radical (unpaired) electrons. The number of carboxylic acid groups (broad SMARTS) is 6. The van der Waals surface area contributed by atoms with E-state index in [1.165, 1.54) is 0 Å². The van der Waals surface area contributed by atoms with Crippen molar-refractivity contribution >= 4 is 35.8 Å². The molecule has 0 aromatic carbocycles. The van der Waals surface area contributed by atoms with Crippen LogP contribution in [0.2, 0.25) is 0 Å². The van der Waals surface area contributed by atoms with Gasteiger partial charge in [0.1, 0.15) is 35.8 Å². The molecule has 6 atom stereocenters.